The molecule has 0 aromatic heterocycles. The smallest absolute Gasteiger partial charge is 0.0212 e. The molecule has 1 heterocycles. The van der Waals surface area contributed by atoms with Gasteiger partial charge in [0.25, 0.3) is 0 Å². The second kappa shape index (κ2) is 4.73. The molecule has 1 nitrogen and oxygen atoms in total. The van der Waals surface area contributed by atoms with E-state index in [4.69, 9.17) is 0 Å². The highest BCUT2D eigenvalue weighted by Gasteiger charge is 2.32. The Kier molecular flexibility index (Phi) is 4.21. The van der Waals surface area contributed by atoms with Gasteiger partial charge in [-0.15, -0.1) is 12.4 Å². The van der Waals surface area contributed by atoms with Gasteiger partial charge in [-0.25, -0.2) is 0 Å². The Morgan fingerprint density at radius 2 is 1.83 bits per heavy atom. The summed E-state index contributed by atoms with van der Waals surface area (Å²) in [6.07, 6.45) is 6.97. The maximum atomic E-state index is 4.62. The molecular weight excluding hydrogens is 190 g/mol. The van der Waals surface area contributed by atoms with Crippen molar-refractivity contribution in [3.8, 4) is 0 Å². The average molecular weight is 208 g/mol. The fourth-order valence-corrected chi connectivity index (χ4v) is 3.05. The largest absolute Gasteiger partial charge is 0.313 e. The van der Waals surface area contributed by atoms with Crippen molar-refractivity contribution in [3.05, 3.63) is 0 Å². The summed E-state index contributed by atoms with van der Waals surface area (Å²) in [6.45, 7) is 1.22. The highest BCUT2D eigenvalue weighted by atomic mass is 35.5. The van der Waals surface area contributed by atoms with Crippen molar-refractivity contribution in [2.75, 3.05) is 6.54 Å². The molecule has 0 amide bonds. The van der Waals surface area contributed by atoms with Crippen LogP contribution in [-0.4, -0.2) is 17.8 Å². The molecule has 2 fully saturated rings. The van der Waals surface area contributed by atoms with Crippen molar-refractivity contribution < 1.29 is 0 Å². The lowest BCUT2D eigenvalue weighted by Gasteiger charge is -2.40. The summed E-state index contributed by atoms with van der Waals surface area (Å²) in [7, 11) is 0. The van der Waals surface area contributed by atoms with Crippen LogP contribution in [0.4, 0.5) is 0 Å². The first-order chi connectivity index (χ1) is 5.38. The van der Waals surface area contributed by atoms with Gasteiger partial charge in [0.2, 0.25) is 0 Å². The quantitative estimate of drug-likeness (QED) is 0.581. The van der Waals surface area contributed by atoms with E-state index in [1.807, 2.05) is 0 Å². The van der Waals surface area contributed by atoms with Crippen molar-refractivity contribution in [1.82, 2.24) is 5.32 Å². The molecule has 1 aliphatic heterocycles. The first-order valence-corrected chi connectivity index (χ1v) is 5.31. The minimum atomic E-state index is 0. The number of hydrogen-bond acceptors (Lipinski definition) is 2. The molecule has 0 radical (unpaired) electrons. The van der Waals surface area contributed by atoms with Crippen molar-refractivity contribution in [2.24, 2.45) is 5.92 Å². The summed E-state index contributed by atoms with van der Waals surface area (Å²) in [5, 5.41) is 4.23. The molecule has 1 saturated carbocycles. The van der Waals surface area contributed by atoms with Crippen LogP contribution in [0.1, 0.15) is 32.1 Å². The fourth-order valence-electron chi connectivity index (χ4n) is 2.52. The fraction of sp³-hybridized carbons (Fsp3) is 1.00. The monoisotopic (exact) mass is 207 g/mol. The Morgan fingerprint density at radius 1 is 1.08 bits per heavy atom. The number of halogens is 1. The lowest BCUT2D eigenvalue weighted by atomic mass is 9.79. The highest BCUT2D eigenvalue weighted by Crippen LogP contribution is 2.32. The molecule has 3 heteroatoms. The van der Waals surface area contributed by atoms with E-state index in [0.717, 1.165) is 12.0 Å². The zero-order valence-corrected chi connectivity index (χ0v) is 9.04. The topological polar surface area (TPSA) is 12.0 Å². The van der Waals surface area contributed by atoms with Gasteiger partial charge in [0.1, 0.15) is 0 Å². The van der Waals surface area contributed by atoms with E-state index in [9.17, 15) is 0 Å². The van der Waals surface area contributed by atoms with Gasteiger partial charge in [-0.05, 0) is 38.1 Å². The molecule has 2 rings (SSSR count). The molecule has 3 atom stereocenters. The predicted molar refractivity (Wildman–Crippen MR) is 58.4 cm³/mol. The Bertz CT molecular complexity index is 140. The molecule has 12 heavy (non-hydrogen) atoms. The van der Waals surface area contributed by atoms with Gasteiger partial charge in [-0.1, -0.05) is 6.42 Å². The Morgan fingerprint density at radius 3 is 2.58 bits per heavy atom. The number of fused-ring (bicyclic) bond motifs is 1. The first kappa shape index (κ1) is 10.7. The molecule has 0 bridgehead atoms. The number of rotatable bonds is 0. The number of piperidine rings is 1. The zero-order chi connectivity index (χ0) is 7.68. The van der Waals surface area contributed by atoms with Gasteiger partial charge < -0.3 is 5.32 Å². The summed E-state index contributed by atoms with van der Waals surface area (Å²) in [4.78, 5) is 0. The van der Waals surface area contributed by atoms with E-state index in [1.165, 1.54) is 38.6 Å². The van der Waals surface area contributed by atoms with Crippen LogP contribution in [-0.2, 0) is 0 Å². The number of thiol groups is 1. The number of hydrogen-bond donors (Lipinski definition) is 2. The van der Waals surface area contributed by atoms with Gasteiger partial charge in [0.15, 0.2) is 0 Å². The lowest BCUT2D eigenvalue weighted by molar-refractivity contribution is 0.219. The van der Waals surface area contributed by atoms with Crippen molar-refractivity contribution in [3.63, 3.8) is 0 Å². The van der Waals surface area contributed by atoms with Crippen LogP contribution in [0.25, 0.3) is 0 Å². The number of nitrogens with one attached hydrogen (secondary N) is 1. The van der Waals surface area contributed by atoms with Crippen molar-refractivity contribution in [1.29, 1.82) is 0 Å². The molecule has 2 aliphatic rings. The SMILES string of the molecule is Cl.SC1CCCC2CCCNC12. The summed E-state index contributed by atoms with van der Waals surface area (Å²) >= 11 is 4.62. The van der Waals surface area contributed by atoms with Crippen LogP contribution >= 0.6 is 25.0 Å². The highest BCUT2D eigenvalue weighted by molar-refractivity contribution is 7.81. The second-order valence-corrected chi connectivity index (χ2v) is 4.54. The van der Waals surface area contributed by atoms with E-state index in [-0.39, 0.29) is 12.4 Å². The third-order valence-electron chi connectivity index (χ3n) is 3.13. The molecule has 3 unspecified atom stereocenters. The Labute approximate surface area is 86.5 Å². The van der Waals surface area contributed by atoms with Gasteiger partial charge >= 0.3 is 0 Å². The van der Waals surface area contributed by atoms with Crippen LogP contribution in [0.3, 0.4) is 0 Å². The van der Waals surface area contributed by atoms with Gasteiger partial charge in [0, 0.05) is 11.3 Å². The van der Waals surface area contributed by atoms with E-state index in [0.29, 0.717) is 5.25 Å². The van der Waals surface area contributed by atoms with E-state index in [1.54, 1.807) is 0 Å². The van der Waals surface area contributed by atoms with E-state index < -0.39 is 0 Å². The zero-order valence-electron chi connectivity index (χ0n) is 7.33. The third-order valence-corrected chi connectivity index (χ3v) is 3.71. The first-order valence-electron chi connectivity index (χ1n) is 4.79. The molecule has 0 aromatic carbocycles. The van der Waals surface area contributed by atoms with Gasteiger partial charge in [-0.2, -0.15) is 12.6 Å². The van der Waals surface area contributed by atoms with Gasteiger partial charge in [-0.3, -0.25) is 0 Å². The third kappa shape index (κ3) is 2.09. The van der Waals surface area contributed by atoms with Crippen molar-refractivity contribution in [2.45, 2.75) is 43.4 Å². The maximum Gasteiger partial charge on any atom is 0.0212 e. The van der Waals surface area contributed by atoms with Gasteiger partial charge in [0.05, 0.1) is 0 Å². The van der Waals surface area contributed by atoms with E-state index in [2.05, 4.69) is 17.9 Å². The normalized spacial score (nSPS) is 41.2. The van der Waals surface area contributed by atoms with Crippen molar-refractivity contribution >= 4 is 25.0 Å². The summed E-state index contributed by atoms with van der Waals surface area (Å²) < 4.78 is 0. The van der Waals surface area contributed by atoms with Crippen LogP contribution in [0.2, 0.25) is 0 Å². The minimum Gasteiger partial charge on any atom is -0.313 e. The summed E-state index contributed by atoms with van der Waals surface area (Å²) in [5.74, 6) is 0.944. The van der Waals surface area contributed by atoms with E-state index >= 15 is 0 Å². The minimum absolute atomic E-state index is 0. The molecule has 0 aromatic rings. The predicted octanol–water partition coefficient (Wildman–Crippen LogP) is 2.26. The average Bonchev–Trinajstić information content (AvgIpc) is 2.06. The Balaban J connectivity index is 0.000000720. The Hall–Kier alpha value is 0.600. The molecule has 1 aliphatic carbocycles. The lowest BCUT2D eigenvalue weighted by Crippen LogP contribution is -2.49. The van der Waals surface area contributed by atoms with Crippen LogP contribution in [0.5, 0.6) is 0 Å². The van der Waals surface area contributed by atoms with Crippen LogP contribution in [0.15, 0.2) is 0 Å². The molecular formula is C9H18ClNS. The molecule has 0 spiro atoms. The summed E-state index contributed by atoms with van der Waals surface area (Å²) in [5.41, 5.74) is 0. The van der Waals surface area contributed by atoms with Crippen LogP contribution < -0.4 is 5.32 Å². The standard InChI is InChI=1S/C9H17NS.ClH/c11-8-5-1-3-7-4-2-6-10-9(7)8;/h7-11H,1-6H2;1H. The molecule has 72 valence electrons. The molecule has 1 N–H and O–H groups in total. The second-order valence-electron chi connectivity index (χ2n) is 3.88. The maximum absolute atomic E-state index is 4.62. The summed E-state index contributed by atoms with van der Waals surface area (Å²) in [6, 6.07) is 0.737. The molecule has 1 saturated heterocycles. The van der Waals surface area contributed by atoms with Crippen LogP contribution in [0, 0.1) is 5.92 Å².